The van der Waals surface area contributed by atoms with Crippen LogP contribution in [0.3, 0.4) is 0 Å². The molecular weight excluding hydrogens is 276 g/mol. The fourth-order valence-electron chi connectivity index (χ4n) is 2.79. The molecule has 1 heterocycles. The molecular formula is C16H17F2NS. The van der Waals surface area contributed by atoms with Gasteiger partial charge in [0.2, 0.25) is 0 Å². The second-order valence-corrected chi connectivity index (χ2v) is 6.38. The monoisotopic (exact) mass is 293 g/mol. The van der Waals surface area contributed by atoms with Gasteiger partial charge in [-0.3, -0.25) is 0 Å². The largest absolute Gasteiger partial charge is 0.312 e. The smallest absolute Gasteiger partial charge is 0.162 e. The Hall–Kier alpha value is -1.26. The van der Waals surface area contributed by atoms with Crippen molar-refractivity contribution in [2.75, 3.05) is 7.05 Å². The van der Waals surface area contributed by atoms with Crippen molar-refractivity contribution in [3.05, 3.63) is 56.8 Å². The maximum Gasteiger partial charge on any atom is 0.162 e. The summed E-state index contributed by atoms with van der Waals surface area (Å²) in [7, 11) is 1.87. The fraction of sp³-hybridized carbons (Fsp3) is 0.375. The van der Waals surface area contributed by atoms with E-state index in [4.69, 9.17) is 0 Å². The lowest BCUT2D eigenvalue weighted by Gasteiger charge is -2.15. The second-order valence-electron chi connectivity index (χ2n) is 5.21. The van der Waals surface area contributed by atoms with Crippen molar-refractivity contribution in [2.45, 2.75) is 31.7 Å². The van der Waals surface area contributed by atoms with Crippen molar-refractivity contribution in [1.29, 1.82) is 0 Å². The van der Waals surface area contributed by atoms with Gasteiger partial charge in [-0.2, -0.15) is 0 Å². The molecule has 1 aromatic heterocycles. The van der Waals surface area contributed by atoms with E-state index in [0.717, 1.165) is 18.9 Å². The number of hydrogen-bond donors (Lipinski definition) is 1. The Bertz CT molecular complexity index is 599. The quantitative estimate of drug-likeness (QED) is 0.898. The third kappa shape index (κ3) is 2.50. The van der Waals surface area contributed by atoms with E-state index in [0.29, 0.717) is 12.0 Å². The molecule has 1 aliphatic carbocycles. The molecule has 2 aromatic rings. The summed E-state index contributed by atoms with van der Waals surface area (Å²) in [6.45, 7) is 0. The minimum atomic E-state index is -0.772. The van der Waals surface area contributed by atoms with Crippen LogP contribution < -0.4 is 5.32 Å². The molecule has 20 heavy (non-hydrogen) atoms. The van der Waals surface area contributed by atoms with Gasteiger partial charge in [0.15, 0.2) is 11.6 Å². The van der Waals surface area contributed by atoms with Crippen LogP contribution in [0, 0.1) is 11.6 Å². The average molecular weight is 293 g/mol. The summed E-state index contributed by atoms with van der Waals surface area (Å²) in [4.78, 5) is 2.68. The van der Waals surface area contributed by atoms with Gasteiger partial charge in [0.05, 0.1) is 0 Å². The molecule has 106 valence electrons. The highest BCUT2D eigenvalue weighted by Gasteiger charge is 2.21. The lowest BCUT2D eigenvalue weighted by Crippen LogP contribution is -2.18. The van der Waals surface area contributed by atoms with Crippen LogP contribution >= 0.6 is 11.3 Å². The molecule has 3 rings (SSSR count). The molecule has 0 saturated heterocycles. The summed E-state index contributed by atoms with van der Waals surface area (Å²) < 4.78 is 27.1. The molecule has 0 bridgehead atoms. The first-order chi connectivity index (χ1) is 9.69. The molecule has 0 saturated carbocycles. The standard InChI is InChI=1S/C16H17F2NS/c1-19-13(8-11-5-2-6-12(17)16(11)18)15-9-10-4-3-7-14(10)20-15/h2,5-6,9,13,19H,3-4,7-8H2,1H3. The van der Waals surface area contributed by atoms with Crippen molar-refractivity contribution in [3.63, 3.8) is 0 Å². The number of aryl methyl sites for hydroxylation is 2. The molecule has 0 spiro atoms. The van der Waals surface area contributed by atoms with E-state index in [1.165, 1.54) is 21.7 Å². The number of rotatable bonds is 4. The summed E-state index contributed by atoms with van der Waals surface area (Å²) in [5.74, 6) is -1.50. The van der Waals surface area contributed by atoms with E-state index in [9.17, 15) is 8.78 Å². The summed E-state index contributed by atoms with van der Waals surface area (Å²) >= 11 is 1.81. The topological polar surface area (TPSA) is 12.0 Å². The number of halogens is 2. The van der Waals surface area contributed by atoms with Crippen LogP contribution in [0.5, 0.6) is 0 Å². The zero-order valence-electron chi connectivity index (χ0n) is 11.4. The number of likely N-dealkylation sites (N-methyl/N-ethyl adjacent to an activating group) is 1. The van der Waals surface area contributed by atoms with E-state index >= 15 is 0 Å². The van der Waals surface area contributed by atoms with Gasteiger partial charge in [-0.1, -0.05) is 12.1 Å². The molecule has 1 N–H and O–H groups in total. The van der Waals surface area contributed by atoms with Gasteiger partial charge in [0, 0.05) is 15.8 Å². The van der Waals surface area contributed by atoms with E-state index in [1.807, 2.05) is 7.05 Å². The molecule has 1 aliphatic rings. The molecule has 0 amide bonds. The molecule has 1 nitrogen and oxygen atoms in total. The first-order valence-corrected chi connectivity index (χ1v) is 7.72. The maximum atomic E-state index is 13.8. The molecule has 0 radical (unpaired) electrons. The van der Waals surface area contributed by atoms with Gasteiger partial charge in [-0.15, -0.1) is 11.3 Å². The van der Waals surface area contributed by atoms with Crippen LogP contribution in [-0.2, 0) is 19.3 Å². The van der Waals surface area contributed by atoms with Crippen molar-refractivity contribution in [2.24, 2.45) is 0 Å². The Morgan fingerprint density at radius 3 is 2.90 bits per heavy atom. The van der Waals surface area contributed by atoms with E-state index in [-0.39, 0.29) is 6.04 Å². The van der Waals surface area contributed by atoms with Crippen LogP contribution in [0.2, 0.25) is 0 Å². The van der Waals surface area contributed by atoms with Crippen LogP contribution in [0.1, 0.15) is 33.3 Å². The van der Waals surface area contributed by atoms with Gasteiger partial charge >= 0.3 is 0 Å². The fourth-order valence-corrected chi connectivity index (χ4v) is 4.16. The lowest BCUT2D eigenvalue weighted by molar-refractivity contribution is 0.488. The molecule has 0 fully saturated rings. The Labute approximate surface area is 121 Å². The number of nitrogens with one attached hydrogen (secondary N) is 1. The predicted octanol–water partition coefficient (Wildman–Crippen LogP) is 4.02. The number of hydrogen-bond acceptors (Lipinski definition) is 2. The zero-order valence-corrected chi connectivity index (χ0v) is 12.2. The minimum absolute atomic E-state index is 0.0434. The lowest BCUT2D eigenvalue weighted by atomic mass is 10.0. The summed E-state index contributed by atoms with van der Waals surface area (Å²) in [6, 6.07) is 6.65. The van der Waals surface area contributed by atoms with E-state index < -0.39 is 11.6 Å². The van der Waals surface area contributed by atoms with Crippen molar-refractivity contribution in [3.8, 4) is 0 Å². The molecule has 1 aromatic carbocycles. The highest BCUT2D eigenvalue weighted by Crippen LogP contribution is 2.35. The van der Waals surface area contributed by atoms with Crippen LogP contribution in [-0.4, -0.2) is 7.05 Å². The Kier molecular flexibility index (Phi) is 3.85. The summed E-state index contributed by atoms with van der Waals surface area (Å²) in [5.41, 5.74) is 1.86. The van der Waals surface area contributed by atoms with Crippen molar-refractivity contribution in [1.82, 2.24) is 5.32 Å². The predicted molar refractivity (Wildman–Crippen MR) is 78.2 cm³/mol. The molecule has 1 unspecified atom stereocenters. The number of benzene rings is 1. The highest BCUT2D eigenvalue weighted by atomic mass is 32.1. The van der Waals surface area contributed by atoms with Crippen LogP contribution in [0.15, 0.2) is 24.3 Å². The SMILES string of the molecule is CNC(Cc1cccc(F)c1F)c1cc2c(s1)CCC2. The average Bonchev–Trinajstić information content (AvgIpc) is 3.01. The van der Waals surface area contributed by atoms with Gasteiger partial charge in [-0.25, -0.2) is 8.78 Å². The van der Waals surface area contributed by atoms with Crippen molar-refractivity contribution < 1.29 is 8.78 Å². The molecule has 1 atom stereocenters. The van der Waals surface area contributed by atoms with Crippen LogP contribution in [0.4, 0.5) is 8.78 Å². The number of fused-ring (bicyclic) bond motifs is 1. The van der Waals surface area contributed by atoms with Gasteiger partial charge in [0.25, 0.3) is 0 Å². The molecule has 0 aliphatic heterocycles. The Balaban J connectivity index is 1.84. The van der Waals surface area contributed by atoms with Gasteiger partial charge < -0.3 is 5.32 Å². The summed E-state index contributed by atoms with van der Waals surface area (Å²) in [6.07, 6.45) is 4.02. The first kappa shape index (κ1) is 13.7. The summed E-state index contributed by atoms with van der Waals surface area (Å²) in [5, 5.41) is 3.22. The Morgan fingerprint density at radius 2 is 2.15 bits per heavy atom. The Morgan fingerprint density at radius 1 is 1.30 bits per heavy atom. The normalized spacial score (nSPS) is 15.3. The maximum absolute atomic E-state index is 13.8. The second kappa shape index (κ2) is 5.62. The van der Waals surface area contributed by atoms with Crippen LogP contribution in [0.25, 0.3) is 0 Å². The zero-order chi connectivity index (χ0) is 14.1. The van der Waals surface area contributed by atoms with E-state index in [1.54, 1.807) is 23.5 Å². The van der Waals surface area contributed by atoms with Gasteiger partial charge in [-0.05, 0) is 56.0 Å². The third-order valence-electron chi connectivity index (χ3n) is 3.91. The van der Waals surface area contributed by atoms with E-state index in [2.05, 4.69) is 11.4 Å². The molecule has 4 heteroatoms. The number of thiophene rings is 1. The minimum Gasteiger partial charge on any atom is -0.312 e. The van der Waals surface area contributed by atoms with Gasteiger partial charge in [0.1, 0.15) is 0 Å². The third-order valence-corrected chi connectivity index (χ3v) is 5.26. The first-order valence-electron chi connectivity index (χ1n) is 6.90. The highest BCUT2D eigenvalue weighted by molar-refractivity contribution is 7.12. The van der Waals surface area contributed by atoms with Crippen molar-refractivity contribution >= 4 is 11.3 Å².